The molecule has 0 unspecified atom stereocenters. The molecule has 4 nitrogen and oxygen atoms in total. The second-order valence-electron chi connectivity index (χ2n) is 4.09. The molecule has 2 N–H and O–H groups in total. The maximum atomic E-state index is 11.2. The van der Waals surface area contributed by atoms with Crippen LogP contribution < -0.4 is 0 Å². The molecule has 88 valence electrons. The van der Waals surface area contributed by atoms with Crippen molar-refractivity contribution in [3.05, 3.63) is 0 Å². The molecular formula is C11H20O4. The van der Waals surface area contributed by atoms with Crippen LogP contribution in [-0.4, -0.2) is 35.0 Å². The van der Waals surface area contributed by atoms with Crippen molar-refractivity contribution in [3.63, 3.8) is 0 Å². The third-order valence-electron chi connectivity index (χ3n) is 2.98. The van der Waals surface area contributed by atoms with Crippen molar-refractivity contribution in [2.45, 2.75) is 51.2 Å². The number of hydrogen-bond donors (Lipinski definition) is 2. The molecule has 0 radical (unpaired) electrons. The monoisotopic (exact) mass is 216 g/mol. The molecule has 0 aromatic rings. The van der Waals surface area contributed by atoms with Crippen molar-refractivity contribution in [1.82, 2.24) is 0 Å². The summed E-state index contributed by atoms with van der Waals surface area (Å²) in [5, 5.41) is 19.3. The van der Waals surface area contributed by atoms with Crippen molar-refractivity contribution in [2.75, 3.05) is 6.61 Å². The Hall–Kier alpha value is -0.610. The average molecular weight is 216 g/mol. The molecule has 0 aromatic carbocycles. The van der Waals surface area contributed by atoms with Crippen molar-refractivity contribution in [2.24, 2.45) is 5.92 Å². The van der Waals surface area contributed by atoms with Gasteiger partial charge in [-0.25, -0.2) is 4.79 Å². The van der Waals surface area contributed by atoms with Gasteiger partial charge in [0.25, 0.3) is 0 Å². The second-order valence-corrected chi connectivity index (χ2v) is 4.09. The molecule has 1 aliphatic rings. The van der Waals surface area contributed by atoms with Gasteiger partial charge < -0.3 is 14.9 Å². The molecule has 0 aromatic heterocycles. The van der Waals surface area contributed by atoms with Crippen LogP contribution in [0.5, 0.6) is 0 Å². The van der Waals surface area contributed by atoms with E-state index in [1.807, 2.05) is 0 Å². The molecule has 1 fully saturated rings. The van der Waals surface area contributed by atoms with Gasteiger partial charge in [-0.05, 0) is 25.7 Å². The molecule has 4 heteroatoms. The fourth-order valence-electron chi connectivity index (χ4n) is 2.10. The first kappa shape index (κ1) is 12.5. The van der Waals surface area contributed by atoms with E-state index in [-0.39, 0.29) is 12.5 Å². The van der Waals surface area contributed by atoms with Gasteiger partial charge in [0, 0.05) is 0 Å². The van der Waals surface area contributed by atoms with Gasteiger partial charge in [0.2, 0.25) is 0 Å². The lowest BCUT2D eigenvalue weighted by molar-refractivity contribution is -0.162. The molecule has 2 atom stereocenters. The van der Waals surface area contributed by atoms with Gasteiger partial charge in [0.05, 0.1) is 12.7 Å². The van der Waals surface area contributed by atoms with Crippen LogP contribution in [0.15, 0.2) is 0 Å². The maximum Gasteiger partial charge on any atom is 0.337 e. The molecule has 0 heterocycles. The Bertz CT molecular complexity index is 199. The van der Waals surface area contributed by atoms with E-state index in [1.54, 1.807) is 6.92 Å². The number of aliphatic hydroxyl groups is 2. The summed E-state index contributed by atoms with van der Waals surface area (Å²) in [4.78, 5) is 11.2. The zero-order valence-electron chi connectivity index (χ0n) is 9.19. The summed E-state index contributed by atoms with van der Waals surface area (Å²) in [7, 11) is 0. The molecule has 0 spiro atoms. The Morgan fingerprint density at radius 2 is 1.93 bits per heavy atom. The topological polar surface area (TPSA) is 66.8 Å². The smallest absolute Gasteiger partial charge is 0.337 e. The zero-order valence-corrected chi connectivity index (χ0v) is 9.19. The molecule has 0 bridgehead atoms. The van der Waals surface area contributed by atoms with Crippen LogP contribution in [0.25, 0.3) is 0 Å². The van der Waals surface area contributed by atoms with Crippen molar-refractivity contribution in [3.8, 4) is 0 Å². The summed E-state index contributed by atoms with van der Waals surface area (Å²) in [6.45, 7) is 1.91. The molecule has 15 heavy (non-hydrogen) atoms. The summed E-state index contributed by atoms with van der Waals surface area (Å²) in [5.41, 5.74) is 0. The van der Waals surface area contributed by atoms with Crippen molar-refractivity contribution < 1.29 is 19.7 Å². The summed E-state index contributed by atoms with van der Waals surface area (Å²) in [6.07, 6.45) is 2.74. The number of carbonyl (C=O) groups excluding carboxylic acids is 1. The number of hydrogen-bond acceptors (Lipinski definition) is 4. The summed E-state index contributed by atoms with van der Waals surface area (Å²) < 4.78 is 4.67. The van der Waals surface area contributed by atoms with Crippen molar-refractivity contribution >= 4 is 5.97 Å². The van der Waals surface area contributed by atoms with E-state index in [1.165, 1.54) is 6.42 Å². The fraction of sp³-hybridized carbons (Fsp3) is 0.909. The van der Waals surface area contributed by atoms with E-state index in [0.717, 1.165) is 25.7 Å². The highest BCUT2D eigenvalue weighted by Crippen LogP contribution is 2.27. The lowest BCUT2D eigenvalue weighted by Crippen LogP contribution is -2.41. The van der Waals surface area contributed by atoms with Gasteiger partial charge >= 0.3 is 5.97 Å². The first-order valence-electron chi connectivity index (χ1n) is 5.69. The summed E-state index contributed by atoms with van der Waals surface area (Å²) in [6, 6.07) is 0. The molecular weight excluding hydrogens is 196 g/mol. The number of aliphatic hydroxyl groups excluding tert-OH is 2. The number of rotatable bonds is 4. The van der Waals surface area contributed by atoms with E-state index >= 15 is 0 Å². The average Bonchev–Trinajstić information content (AvgIpc) is 2.28. The van der Waals surface area contributed by atoms with Crippen LogP contribution >= 0.6 is 0 Å². The molecule has 1 aliphatic carbocycles. The van der Waals surface area contributed by atoms with E-state index in [0.29, 0.717) is 0 Å². The second kappa shape index (κ2) is 6.08. The summed E-state index contributed by atoms with van der Waals surface area (Å²) >= 11 is 0. The zero-order chi connectivity index (χ0) is 11.3. The largest absolute Gasteiger partial charge is 0.464 e. The Kier molecular flexibility index (Phi) is 5.05. The van der Waals surface area contributed by atoms with Gasteiger partial charge in [0.15, 0.2) is 6.10 Å². The van der Waals surface area contributed by atoms with Crippen LogP contribution in [0, 0.1) is 5.92 Å². The lowest BCUT2D eigenvalue weighted by atomic mass is 9.83. The predicted molar refractivity (Wildman–Crippen MR) is 55.2 cm³/mol. The summed E-state index contributed by atoms with van der Waals surface area (Å²) in [5.74, 6) is -0.672. The number of esters is 1. The fourth-order valence-corrected chi connectivity index (χ4v) is 2.10. The normalized spacial score (nSPS) is 22.1. The van der Waals surface area contributed by atoms with Crippen LogP contribution in [0.4, 0.5) is 0 Å². The van der Waals surface area contributed by atoms with Crippen LogP contribution in [0.2, 0.25) is 0 Å². The van der Waals surface area contributed by atoms with E-state index in [2.05, 4.69) is 4.74 Å². The number of ether oxygens (including phenoxy) is 1. The highest BCUT2D eigenvalue weighted by Gasteiger charge is 2.32. The van der Waals surface area contributed by atoms with Gasteiger partial charge in [-0.2, -0.15) is 0 Å². The molecule has 0 saturated heterocycles. The van der Waals surface area contributed by atoms with Gasteiger partial charge in [-0.15, -0.1) is 0 Å². The minimum Gasteiger partial charge on any atom is -0.464 e. The molecule has 1 rings (SSSR count). The van der Waals surface area contributed by atoms with Crippen LogP contribution in [-0.2, 0) is 9.53 Å². The highest BCUT2D eigenvalue weighted by atomic mass is 16.5. The molecule has 1 saturated carbocycles. The van der Waals surface area contributed by atoms with E-state index < -0.39 is 18.2 Å². The quantitative estimate of drug-likeness (QED) is 0.684. The first-order chi connectivity index (χ1) is 7.16. The van der Waals surface area contributed by atoms with Crippen molar-refractivity contribution in [1.29, 1.82) is 0 Å². The Morgan fingerprint density at radius 3 is 2.47 bits per heavy atom. The van der Waals surface area contributed by atoms with E-state index in [4.69, 9.17) is 0 Å². The van der Waals surface area contributed by atoms with Gasteiger partial charge in [0.1, 0.15) is 0 Å². The number of carbonyl (C=O) groups is 1. The Labute approximate surface area is 90.2 Å². The predicted octanol–water partition coefficient (Wildman–Crippen LogP) is 0.852. The third kappa shape index (κ3) is 3.47. The minimum atomic E-state index is -1.38. The maximum absolute atomic E-state index is 11.2. The highest BCUT2D eigenvalue weighted by molar-refractivity contribution is 5.75. The lowest BCUT2D eigenvalue weighted by Gasteiger charge is -2.28. The Morgan fingerprint density at radius 1 is 1.33 bits per heavy atom. The Balaban J connectivity index is 2.43. The SMILES string of the molecule is CCOC(=O)[C@@H](O)[C@H](O)C1CCCCC1. The minimum absolute atomic E-state index is 0.0400. The van der Waals surface area contributed by atoms with Crippen LogP contribution in [0.1, 0.15) is 39.0 Å². The molecule has 0 aliphatic heterocycles. The van der Waals surface area contributed by atoms with Gasteiger partial charge in [-0.1, -0.05) is 19.3 Å². The van der Waals surface area contributed by atoms with Crippen LogP contribution in [0.3, 0.4) is 0 Å². The standard InChI is InChI=1S/C11H20O4/c1-2-15-11(14)10(13)9(12)8-6-4-3-5-7-8/h8-10,12-13H,2-7H2,1H3/t9-,10+/m1/s1. The first-order valence-corrected chi connectivity index (χ1v) is 5.69. The molecule has 0 amide bonds. The van der Waals surface area contributed by atoms with E-state index in [9.17, 15) is 15.0 Å². The third-order valence-corrected chi connectivity index (χ3v) is 2.98. The van der Waals surface area contributed by atoms with Gasteiger partial charge in [-0.3, -0.25) is 0 Å².